The van der Waals surface area contributed by atoms with Crippen LogP contribution in [0.15, 0.2) is 24.3 Å². The van der Waals surface area contributed by atoms with Crippen molar-refractivity contribution in [3.8, 4) is 0 Å². The molecule has 3 heterocycles. The average Bonchev–Trinajstić information content (AvgIpc) is 2.74. The summed E-state index contributed by atoms with van der Waals surface area (Å²) in [6, 6.07) is 9.28. The van der Waals surface area contributed by atoms with E-state index in [0.29, 0.717) is 12.3 Å². The quantitative estimate of drug-likeness (QED) is 0.777. The lowest BCUT2D eigenvalue weighted by atomic mass is 10.00. The van der Waals surface area contributed by atoms with E-state index in [1.807, 2.05) is 0 Å². The average molecular weight is 385 g/mol. The van der Waals surface area contributed by atoms with Crippen molar-refractivity contribution in [3.05, 3.63) is 35.4 Å². The van der Waals surface area contributed by atoms with Gasteiger partial charge in [-0.2, -0.15) is 0 Å². The minimum atomic E-state index is 0.320. The second-order valence-electron chi connectivity index (χ2n) is 8.86. The van der Waals surface area contributed by atoms with Crippen LogP contribution in [-0.2, 0) is 17.8 Å². The second kappa shape index (κ2) is 9.38. The topological polar surface area (TPSA) is 30.0 Å². The summed E-state index contributed by atoms with van der Waals surface area (Å²) in [7, 11) is 2.28. The summed E-state index contributed by atoms with van der Waals surface area (Å²) in [6.45, 7) is 9.55. The molecule has 4 rings (SSSR count). The Hall–Kier alpha value is -1.43. The number of hydrogen-bond donors (Lipinski definition) is 0. The fourth-order valence-corrected chi connectivity index (χ4v) is 4.99. The first-order chi connectivity index (χ1) is 13.7. The first-order valence-corrected chi connectivity index (χ1v) is 11.2. The van der Waals surface area contributed by atoms with Crippen LogP contribution >= 0.6 is 0 Å². The van der Waals surface area contributed by atoms with Gasteiger partial charge in [-0.1, -0.05) is 30.7 Å². The van der Waals surface area contributed by atoms with E-state index in [0.717, 1.165) is 58.3 Å². The van der Waals surface area contributed by atoms with Crippen LogP contribution in [0.3, 0.4) is 0 Å². The van der Waals surface area contributed by atoms with Crippen LogP contribution in [0.4, 0.5) is 0 Å². The molecule has 1 amide bonds. The highest BCUT2D eigenvalue weighted by atomic mass is 16.2. The molecule has 0 aromatic heterocycles. The van der Waals surface area contributed by atoms with Crippen molar-refractivity contribution in [3.63, 3.8) is 0 Å². The lowest BCUT2D eigenvalue weighted by Crippen LogP contribution is -2.52. The third kappa shape index (κ3) is 4.94. The number of carbonyl (C=O) groups is 1. The number of likely N-dealkylation sites (N-methyl/N-ethyl adjacent to an activating group) is 1. The van der Waals surface area contributed by atoms with Gasteiger partial charge in [0, 0.05) is 64.8 Å². The molecule has 1 atom stereocenters. The highest BCUT2D eigenvalue weighted by Gasteiger charge is 2.25. The highest BCUT2D eigenvalue weighted by Crippen LogP contribution is 2.20. The molecule has 0 spiro atoms. The Bertz CT molecular complexity index is 656. The zero-order valence-corrected chi connectivity index (χ0v) is 17.5. The molecule has 1 aromatic rings. The van der Waals surface area contributed by atoms with Gasteiger partial charge in [0.15, 0.2) is 0 Å². The van der Waals surface area contributed by atoms with Gasteiger partial charge in [-0.15, -0.1) is 0 Å². The maximum Gasteiger partial charge on any atom is 0.224 e. The number of amides is 1. The number of piperidine rings is 1. The molecule has 3 aliphatic rings. The van der Waals surface area contributed by atoms with Gasteiger partial charge in [0.25, 0.3) is 0 Å². The molecule has 0 bridgehead atoms. The van der Waals surface area contributed by atoms with Crippen molar-refractivity contribution >= 4 is 5.91 Å². The zero-order chi connectivity index (χ0) is 19.3. The summed E-state index contributed by atoms with van der Waals surface area (Å²) >= 11 is 0. The van der Waals surface area contributed by atoms with Gasteiger partial charge < -0.3 is 14.7 Å². The van der Waals surface area contributed by atoms with E-state index in [1.165, 1.54) is 43.5 Å². The monoisotopic (exact) mass is 384 g/mol. The van der Waals surface area contributed by atoms with Crippen molar-refractivity contribution in [1.82, 2.24) is 19.6 Å². The lowest BCUT2D eigenvalue weighted by molar-refractivity contribution is -0.132. The Balaban J connectivity index is 1.17. The smallest absolute Gasteiger partial charge is 0.224 e. The van der Waals surface area contributed by atoms with Crippen LogP contribution in [-0.4, -0.2) is 91.0 Å². The molecule has 2 fully saturated rings. The van der Waals surface area contributed by atoms with Crippen LogP contribution in [0.1, 0.15) is 36.8 Å². The predicted molar refractivity (Wildman–Crippen MR) is 113 cm³/mol. The number of nitrogens with zero attached hydrogens (tertiary/aromatic N) is 4. The van der Waals surface area contributed by atoms with Crippen molar-refractivity contribution < 1.29 is 4.79 Å². The summed E-state index contributed by atoms with van der Waals surface area (Å²) in [5.74, 6) is 0.320. The van der Waals surface area contributed by atoms with E-state index >= 15 is 0 Å². The SMILES string of the molecule is CN1CCCCC1CN1CCN(CCC(=O)N2CCc3ccccc3C2)CC1. The largest absolute Gasteiger partial charge is 0.338 e. The zero-order valence-electron chi connectivity index (χ0n) is 17.5. The number of carbonyl (C=O) groups excluding carboxylic acids is 1. The van der Waals surface area contributed by atoms with Crippen LogP contribution < -0.4 is 0 Å². The standard InChI is InChI=1S/C23H36N4O/c1-24-11-5-4-8-22(24)19-26-16-14-25(15-17-26)12-10-23(28)27-13-9-20-6-2-3-7-21(20)18-27/h2-3,6-7,22H,4-5,8-19H2,1H3. The van der Waals surface area contributed by atoms with Crippen LogP contribution in [0, 0.1) is 0 Å². The first-order valence-electron chi connectivity index (χ1n) is 11.2. The number of rotatable bonds is 5. The Morgan fingerprint density at radius 1 is 0.964 bits per heavy atom. The van der Waals surface area contributed by atoms with Gasteiger partial charge in [0.05, 0.1) is 0 Å². The molecule has 0 N–H and O–H groups in total. The summed E-state index contributed by atoms with van der Waals surface area (Å²) < 4.78 is 0. The van der Waals surface area contributed by atoms with Gasteiger partial charge in [-0.05, 0) is 44.0 Å². The van der Waals surface area contributed by atoms with E-state index in [2.05, 4.69) is 50.9 Å². The minimum Gasteiger partial charge on any atom is -0.338 e. The van der Waals surface area contributed by atoms with Crippen molar-refractivity contribution in [2.24, 2.45) is 0 Å². The molecule has 1 unspecified atom stereocenters. The Labute approximate surface area is 170 Å². The molecule has 0 radical (unpaired) electrons. The van der Waals surface area contributed by atoms with Gasteiger partial charge in [-0.25, -0.2) is 0 Å². The maximum absolute atomic E-state index is 12.7. The number of fused-ring (bicyclic) bond motifs is 1. The van der Waals surface area contributed by atoms with E-state index in [4.69, 9.17) is 0 Å². The Kier molecular flexibility index (Phi) is 6.65. The molecule has 5 heteroatoms. The van der Waals surface area contributed by atoms with Crippen LogP contribution in [0.2, 0.25) is 0 Å². The second-order valence-corrected chi connectivity index (χ2v) is 8.86. The molecule has 3 aliphatic heterocycles. The summed E-state index contributed by atoms with van der Waals surface area (Å²) in [4.78, 5) is 22.4. The fraction of sp³-hybridized carbons (Fsp3) is 0.696. The van der Waals surface area contributed by atoms with Crippen LogP contribution in [0.25, 0.3) is 0 Å². The summed E-state index contributed by atoms with van der Waals surface area (Å²) in [5.41, 5.74) is 2.73. The predicted octanol–water partition coefficient (Wildman–Crippen LogP) is 2.06. The number of piperazine rings is 1. The normalized spacial score (nSPS) is 24.9. The van der Waals surface area contributed by atoms with Gasteiger partial charge >= 0.3 is 0 Å². The number of hydrogen-bond acceptors (Lipinski definition) is 4. The molecular formula is C23H36N4O. The van der Waals surface area contributed by atoms with E-state index < -0.39 is 0 Å². The third-order valence-corrected chi connectivity index (χ3v) is 6.98. The molecule has 2 saturated heterocycles. The minimum absolute atomic E-state index is 0.320. The van der Waals surface area contributed by atoms with E-state index in [9.17, 15) is 4.79 Å². The summed E-state index contributed by atoms with van der Waals surface area (Å²) in [6.07, 6.45) is 5.75. The Morgan fingerprint density at radius 3 is 2.50 bits per heavy atom. The van der Waals surface area contributed by atoms with E-state index in [1.54, 1.807) is 0 Å². The molecule has 0 aliphatic carbocycles. The molecular weight excluding hydrogens is 348 g/mol. The van der Waals surface area contributed by atoms with Crippen LogP contribution in [0.5, 0.6) is 0 Å². The van der Waals surface area contributed by atoms with E-state index in [-0.39, 0.29) is 0 Å². The number of benzene rings is 1. The highest BCUT2D eigenvalue weighted by molar-refractivity contribution is 5.76. The number of likely N-dealkylation sites (tertiary alicyclic amines) is 1. The van der Waals surface area contributed by atoms with Gasteiger partial charge in [-0.3, -0.25) is 9.69 Å². The molecule has 0 saturated carbocycles. The van der Waals surface area contributed by atoms with Crippen molar-refractivity contribution in [2.45, 2.75) is 44.7 Å². The Morgan fingerprint density at radius 2 is 1.71 bits per heavy atom. The molecule has 5 nitrogen and oxygen atoms in total. The van der Waals surface area contributed by atoms with Gasteiger partial charge in [0.1, 0.15) is 0 Å². The maximum atomic E-state index is 12.7. The first kappa shape index (κ1) is 19.9. The van der Waals surface area contributed by atoms with Crippen molar-refractivity contribution in [1.29, 1.82) is 0 Å². The lowest BCUT2D eigenvalue weighted by Gasteiger charge is -2.40. The molecule has 154 valence electrons. The van der Waals surface area contributed by atoms with Crippen molar-refractivity contribution in [2.75, 3.05) is 59.4 Å². The summed E-state index contributed by atoms with van der Waals surface area (Å²) in [5, 5.41) is 0. The van der Waals surface area contributed by atoms with Gasteiger partial charge in [0.2, 0.25) is 5.91 Å². The third-order valence-electron chi connectivity index (χ3n) is 6.98. The fourth-order valence-electron chi connectivity index (χ4n) is 4.99. The molecule has 1 aromatic carbocycles. The molecule has 28 heavy (non-hydrogen) atoms.